The Morgan fingerprint density at radius 1 is 1.03 bits per heavy atom. The lowest BCUT2D eigenvalue weighted by Gasteiger charge is -2.21. The summed E-state index contributed by atoms with van der Waals surface area (Å²) >= 11 is 0. The van der Waals surface area contributed by atoms with E-state index in [0.29, 0.717) is 19.5 Å². The van der Waals surface area contributed by atoms with Crippen molar-refractivity contribution in [2.24, 2.45) is 5.92 Å². The van der Waals surface area contributed by atoms with Gasteiger partial charge in [0.2, 0.25) is 5.43 Å². The van der Waals surface area contributed by atoms with E-state index >= 15 is 0 Å². The van der Waals surface area contributed by atoms with Gasteiger partial charge in [-0.1, -0.05) is 52.0 Å². The van der Waals surface area contributed by atoms with Crippen molar-refractivity contribution in [3.8, 4) is 0 Å². The van der Waals surface area contributed by atoms with Gasteiger partial charge in [-0.25, -0.2) is 0 Å². The molecule has 178 valence electrons. The molecule has 0 saturated heterocycles. The summed E-state index contributed by atoms with van der Waals surface area (Å²) in [5.74, 6) is -0.581. The highest BCUT2D eigenvalue weighted by Gasteiger charge is 2.22. The zero-order chi connectivity index (χ0) is 23.6. The number of aromatic nitrogens is 2. The number of aryl methyl sites for hydroxylation is 2. The highest BCUT2D eigenvalue weighted by molar-refractivity contribution is 5.99. The summed E-state index contributed by atoms with van der Waals surface area (Å²) in [6.07, 6.45) is 13.1. The molecule has 3 rings (SSSR count). The van der Waals surface area contributed by atoms with Crippen LogP contribution in [0.2, 0.25) is 0 Å². The van der Waals surface area contributed by atoms with Crippen molar-refractivity contribution in [2.75, 3.05) is 6.54 Å². The number of hydrogen-bond donors (Lipinski definition) is 2. The minimum absolute atomic E-state index is 0.00184. The fourth-order valence-corrected chi connectivity index (χ4v) is 4.13. The molecule has 7 nitrogen and oxygen atoms in total. The number of rotatable bonds is 8. The van der Waals surface area contributed by atoms with Gasteiger partial charge in [-0.3, -0.25) is 19.4 Å². The van der Waals surface area contributed by atoms with E-state index in [-0.39, 0.29) is 23.1 Å². The van der Waals surface area contributed by atoms with Crippen LogP contribution in [-0.4, -0.2) is 34.0 Å². The lowest BCUT2D eigenvalue weighted by atomic mass is 9.96. The number of pyridine rings is 2. The van der Waals surface area contributed by atoms with Gasteiger partial charge >= 0.3 is 0 Å². The molecule has 0 atom stereocenters. The van der Waals surface area contributed by atoms with Crippen LogP contribution in [0.3, 0.4) is 0 Å². The van der Waals surface area contributed by atoms with Crippen molar-refractivity contribution in [1.82, 2.24) is 20.2 Å². The van der Waals surface area contributed by atoms with Gasteiger partial charge in [-0.05, 0) is 30.9 Å². The maximum Gasteiger partial charge on any atom is 0.256 e. The number of hydrogen-bond acceptors (Lipinski definition) is 4. The lowest BCUT2D eigenvalue weighted by Crippen LogP contribution is -2.40. The molecule has 1 aliphatic carbocycles. The average Bonchev–Trinajstić information content (AvgIpc) is 2.79. The summed E-state index contributed by atoms with van der Waals surface area (Å²) in [6.45, 7) is 4.95. The molecular formula is C26H36N4O3. The highest BCUT2D eigenvalue weighted by atomic mass is 16.2. The Bertz CT molecular complexity index is 977. The van der Waals surface area contributed by atoms with Crippen LogP contribution >= 0.6 is 0 Å². The minimum atomic E-state index is -0.520. The molecule has 2 aromatic heterocycles. The largest absolute Gasteiger partial charge is 0.352 e. The molecule has 2 aromatic rings. The van der Waals surface area contributed by atoms with Gasteiger partial charge in [-0.15, -0.1) is 0 Å². The topological polar surface area (TPSA) is 93.1 Å². The second-order valence-electron chi connectivity index (χ2n) is 9.34. The van der Waals surface area contributed by atoms with Crippen LogP contribution in [0.25, 0.3) is 0 Å². The van der Waals surface area contributed by atoms with Crippen LogP contribution in [0.5, 0.6) is 0 Å². The quantitative estimate of drug-likeness (QED) is 0.638. The van der Waals surface area contributed by atoms with E-state index in [1.54, 1.807) is 23.2 Å². The van der Waals surface area contributed by atoms with Crippen LogP contribution in [0.15, 0.2) is 41.6 Å². The van der Waals surface area contributed by atoms with E-state index in [0.717, 1.165) is 31.4 Å². The van der Waals surface area contributed by atoms with Gasteiger partial charge in [0.25, 0.3) is 11.8 Å². The Morgan fingerprint density at radius 3 is 2.33 bits per heavy atom. The second kappa shape index (κ2) is 12.3. The predicted molar refractivity (Wildman–Crippen MR) is 129 cm³/mol. The zero-order valence-corrected chi connectivity index (χ0v) is 19.8. The first-order valence-electron chi connectivity index (χ1n) is 12.2. The van der Waals surface area contributed by atoms with Crippen molar-refractivity contribution >= 4 is 11.8 Å². The summed E-state index contributed by atoms with van der Waals surface area (Å²) < 4.78 is 1.76. The van der Waals surface area contributed by atoms with E-state index in [1.807, 2.05) is 32.0 Å². The molecule has 1 saturated carbocycles. The van der Waals surface area contributed by atoms with E-state index in [2.05, 4.69) is 15.6 Å². The van der Waals surface area contributed by atoms with Crippen molar-refractivity contribution < 1.29 is 9.59 Å². The van der Waals surface area contributed by atoms with Crippen molar-refractivity contribution in [1.29, 1.82) is 0 Å². The maximum absolute atomic E-state index is 13.1. The highest BCUT2D eigenvalue weighted by Crippen LogP contribution is 2.17. The van der Waals surface area contributed by atoms with E-state index < -0.39 is 17.2 Å². The molecule has 0 bridgehead atoms. The third-order valence-electron chi connectivity index (χ3n) is 6.03. The van der Waals surface area contributed by atoms with Crippen LogP contribution < -0.4 is 16.1 Å². The summed E-state index contributed by atoms with van der Waals surface area (Å²) in [7, 11) is 0. The molecule has 0 aromatic carbocycles. The van der Waals surface area contributed by atoms with Gasteiger partial charge in [0.1, 0.15) is 11.1 Å². The SMILES string of the molecule is CC(C)CNC(=O)c1cn(CCc2ccccn2)cc(C(=O)NC2CCCCCCC2)c1=O. The summed E-state index contributed by atoms with van der Waals surface area (Å²) in [4.78, 5) is 43.4. The second-order valence-corrected chi connectivity index (χ2v) is 9.34. The number of nitrogens with one attached hydrogen (secondary N) is 2. The fourth-order valence-electron chi connectivity index (χ4n) is 4.13. The van der Waals surface area contributed by atoms with E-state index in [4.69, 9.17) is 0 Å². The molecule has 1 aliphatic rings. The zero-order valence-electron chi connectivity index (χ0n) is 19.8. The van der Waals surface area contributed by atoms with Crippen LogP contribution in [-0.2, 0) is 13.0 Å². The van der Waals surface area contributed by atoms with Crippen molar-refractivity contribution in [2.45, 2.75) is 77.8 Å². The molecule has 2 heterocycles. The van der Waals surface area contributed by atoms with Crippen molar-refractivity contribution in [3.63, 3.8) is 0 Å². The van der Waals surface area contributed by atoms with Gasteiger partial charge < -0.3 is 15.2 Å². The molecule has 2 N–H and O–H groups in total. The molecule has 7 heteroatoms. The van der Waals surface area contributed by atoms with Crippen LogP contribution in [0.1, 0.15) is 85.2 Å². The van der Waals surface area contributed by atoms with Crippen molar-refractivity contribution in [3.05, 3.63) is 63.8 Å². The van der Waals surface area contributed by atoms with E-state index in [1.165, 1.54) is 19.3 Å². The molecular weight excluding hydrogens is 416 g/mol. The fraction of sp³-hybridized carbons (Fsp3) is 0.538. The van der Waals surface area contributed by atoms with Gasteiger partial charge in [-0.2, -0.15) is 0 Å². The average molecular weight is 453 g/mol. The molecule has 0 aliphatic heterocycles. The summed E-state index contributed by atoms with van der Waals surface area (Å²) in [5.41, 5.74) is 0.411. The van der Waals surface area contributed by atoms with Crippen LogP contribution in [0.4, 0.5) is 0 Å². The third-order valence-corrected chi connectivity index (χ3v) is 6.03. The smallest absolute Gasteiger partial charge is 0.256 e. The van der Waals surface area contributed by atoms with Gasteiger partial charge in [0.05, 0.1) is 0 Å². The standard InChI is InChI=1S/C26H36N4O3/c1-19(2)16-28-25(32)22-17-30(15-13-20-10-8-9-14-27-20)18-23(24(22)31)26(33)29-21-11-6-4-3-5-7-12-21/h8-10,14,17-19,21H,3-7,11-13,15-16H2,1-2H3,(H,28,32)(H,29,33). The number of carbonyl (C=O) groups is 2. The first kappa shape index (κ1) is 24.7. The lowest BCUT2D eigenvalue weighted by molar-refractivity contribution is 0.0928. The molecule has 0 spiro atoms. The van der Waals surface area contributed by atoms with Gasteiger partial charge in [0.15, 0.2) is 0 Å². The summed E-state index contributed by atoms with van der Waals surface area (Å²) in [6, 6.07) is 5.78. The Balaban J connectivity index is 1.84. The minimum Gasteiger partial charge on any atom is -0.352 e. The number of nitrogens with zero attached hydrogens (tertiary/aromatic N) is 2. The molecule has 0 radical (unpaired) electrons. The molecule has 1 fully saturated rings. The van der Waals surface area contributed by atoms with Crippen LogP contribution in [0, 0.1) is 5.92 Å². The first-order chi connectivity index (χ1) is 15.9. The van der Waals surface area contributed by atoms with Gasteiger partial charge in [0, 0.05) is 49.8 Å². The first-order valence-corrected chi connectivity index (χ1v) is 12.2. The third kappa shape index (κ3) is 7.55. The van der Waals surface area contributed by atoms with E-state index in [9.17, 15) is 14.4 Å². The molecule has 2 amide bonds. The Labute approximate surface area is 196 Å². The summed E-state index contributed by atoms with van der Waals surface area (Å²) in [5, 5.41) is 5.87. The normalized spacial score (nSPS) is 15.0. The maximum atomic E-state index is 13.1. The molecule has 0 unspecified atom stereocenters. The molecule has 33 heavy (non-hydrogen) atoms. The Kier molecular flexibility index (Phi) is 9.22. The number of amides is 2. The predicted octanol–water partition coefficient (Wildman–Crippen LogP) is 3.71. The number of carbonyl (C=O) groups excluding carboxylic acids is 2. The Hall–Kier alpha value is -2.96. The monoisotopic (exact) mass is 452 g/mol. The Morgan fingerprint density at radius 2 is 1.70 bits per heavy atom.